The lowest BCUT2D eigenvalue weighted by Gasteiger charge is -2.45. The monoisotopic (exact) mass is 377 g/mol. The van der Waals surface area contributed by atoms with E-state index in [1.165, 1.54) is 29.1 Å². The summed E-state index contributed by atoms with van der Waals surface area (Å²) in [5, 5.41) is 12.2. The second kappa shape index (κ2) is 6.60. The number of hydrogen-bond acceptors (Lipinski definition) is 5. The van der Waals surface area contributed by atoms with Crippen LogP contribution in [0.15, 0.2) is 36.5 Å². The molecule has 3 heterocycles. The lowest BCUT2D eigenvalue weighted by Crippen LogP contribution is -2.50. The molecule has 5 rings (SSSR count). The maximum Gasteiger partial charge on any atom is 0.233 e. The number of hydrogen-bond donors (Lipinski definition) is 2. The molecule has 0 radical (unpaired) electrons. The maximum absolute atomic E-state index is 12.9. The lowest BCUT2D eigenvalue weighted by molar-refractivity contribution is -0.122. The van der Waals surface area contributed by atoms with Gasteiger partial charge in [0.2, 0.25) is 11.8 Å². The van der Waals surface area contributed by atoms with Crippen LogP contribution >= 0.6 is 0 Å². The molecule has 0 unspecified atom stereocenters. The van der Waals surface area contributed by atoms with Crippen molar-refractivity contribution in [1.29, 1.82) is 0 Å². The molecule has 2 aliphatic rings. The molecule has 3 atom stereocenters. The molecule has 1 aromatic carbocycles. The number of rotatable bonds is 3. The molecule has 7 nitrogen and oxygen atoms in total. The summed E-state index contributed by atoms with van der Waals surface area (Å²) in [6, 6.07) is 10.3. The van der Waals surface area contributed by atoms with Gasteiger partial charge in [-0.25, -0.2) is 0 Å². The lowest BCUT2D eigenvalue weighted by atomic mass is 9.72. The molecule has 1 fully saturated rings. The molecule has 0 bridgehead atoms. The smallest absolute Gasteiger partial charge is 0.233 e. The van der Waals surface area contributed by atoms with Crippen molar-refractivity contribution in [3.63, 3.8) is 0 Å². The third kappa shape index (κ3) is 2.74. The van der Waals surface area contributed by atoms with E-state index in [0.717, 1.165) is 19.4 Å². The first-order valence-electron chi connectivity index (χ1n) is 9.61. The second-order valence-electron chi connectivity index (χ2n) is 7.78. The molecule has 2 aromatic heterocycles. The molecule has 1 aliphatic carbocycles. The summed E-state index contributed by atoms with van der Waals surface area (Å²) in [7, 11) is 3.67. The van der Waals surface area contributed by atoms with E-state index < -0.39 is 0 Å². The van der Waals surface area contributed by atoms with Crippen LogP contribution in [0.5, 0.6) is 5.88 Å². The van der Waals surface area contributed by atoms with Crippen LogP contribution < -0.4 is 10.1 Å². The SMILES string of the molecule is COc1ccc(NC(=O)[C@@H]2C[C@@H]3c4cccc5[nH]cc(c45)C[C@H]3N(C)C2)nn1. The van der Waals surface area contributed by atoms with Gasteiger partial charge in [-0.15, -0.1) is 10.2 Å². The highest BCUT2D eigenvalue weighted by molar-refractivity contribution is 5.92. The van der Waals surface area contributed by atoms with Gasteiger partial charge in [-0.2, -0.15) is 0 Å². The predicted molar refractivity (Wildman–Crippen MR) is 106 cm³/mol. The number of fused-ring (bicyclic) bond motifs is 2. The van der Waals surface area contributed by atoms with Gasteiger partial charge in [0.05, 0.1) is 13.0 Å². The number of carbonyl (C=O) groups excluding carboxylic acids is 1. The van der Waals surface area contributed by atoms with Crippen molar-refractivity contribution < 1.29 is 9.53 Å². The summed E-state index contributed by atoms with van der Waals surface area (Å²) in [6.07, 6.45) is 4.00. The number of aromatic amines is 1. The van der Waals surface area contributed by atoms with E-state index >= 15 is 0 Å². The topological polar surface area (TPSA) is 83.1 Å². The van der Waals surface area contributed by atoms with E-state index in [0.29, 0.717) is 23.7 Å². The number of H-pyrrole nitrogens is 1. The quantitative estimate of drug-likeness (QED) is 0.733. The van der Waals surface area contributed by atoms with Crippen LogP contribution in [0.4, 0.5) is 5.82 Å². The number of amides is 1. The third-order valence-corrected chi connectivity index (χ3v) is 6.20. The minimum absolute atomic E-state index is 0.00296. The summed E-state index contributed by atoms with van der Waals surface area (Å²) >= 11 is 0. The van der Waals surface area contributed by atoms with Crippen LogP contribution in [-0.2, 0) is 11.2 Å². The van der Waals surface area contributed by atoms with Gasteiger partial charge in [-0.3, -0.25) is 4.79 Å². The molecular formula is C21H23N5O2. The number of nitrogens with zero attached hydrogens (tertiary/aromatic N) is 3. The zero-order chi connectivity index (χ0) is 19.3. The Labute approximate surface area is 163 Å². The highest BCUT2D eigenvalue weighted by Crippen LogP contribution is 2.44. The first-order valence-corrected chi connectivity index (χ1v) is 9.61. The fourth-order valence-corrected chi connectivity index (χ4v) is 4.86. The molecule has 0 spiro atoms. The molecule has 3 aromatic rings. The van der Waals surface area contributed by atoms with E-state index in [2.05, 4.69) is 56.8 Å². The van der Waals surface area contributed by atoms with Gasteiger partial charge in [0.1, 0.15) is 0 Å². The van der Waals surface area contributed by atoms with E-state index in [1.807, 2.05) is 0 Å². The van der Waals surface area contributed by atoms with Crippen LogP contribution in [0.25, 0.3) is 10.9 Å². The number of benzene rings is 1. The Hall–Kier alpha value is -2.93. The molecule has 144 valence electrons. The minimum atomic E-state index is -0.0918. The van der Waals surface area contributed by atoms with Crippen molar-refractivity contribution >= 4 is 22.6 Å². The minimum Gasteiger partial charge on any atom is -0.480 e. The standard InChI is InChI=1S/C21H23N5O2/c1-26-11-13(21(27)23-18-6-7-19(28-2)25-24-18)8-15-14-4-3-5-16-20(14)12(10-22-16)9-17(15)26/h3-7,10,13,15,17,22H,8-9,11H2,1-2H3,(H,23,24,27)/t13-,15-,17-/m1/s1. The predicted octanol–water partition coefficient (Wildman–Crippen LogP) is 2.57. The number of aromatic nitrogens is 3. The number of methoxy groups -OCH3 is 1. The van der Waals surface area contributed by atoms with E-state index in [1.54, 1.807) is 12.1 Å². The van der Waals surface area contributed by atoms with Crippen molar-refractivity contribution in [2.24, 2.45) is 5.92 Å². The largest absolute Gasteiger partial charge is 0.480 e. The normalized spacial score (nSPS) is 24.0. The molecule has 1 amide bonds. The maximum atomic E-state index is 12.9. The van der Waals surface area contributed by atoms with Crippen molar-refractivity contribution in [3.8, 4) is 5.88 Å². The summed E-state index contributed by atoms with van der Waals surface area (Å²) in [5.74, 6) is 1.14. The molecule has 0 saturated carbocycles. The Kier molecular flexibility index (Phi) is 4.05. The number of piperidine rings is 1. The fraction of sp³-hybridized carbons (Fsp3) is 0.381. The highest BCUT2D eigenvalue weighted by atomic mass is 16.5. The number of likely N-dealkylation sites (N-methyl/N-ethyl adjacent to an activating group) is 1. The summed E-state index contributed by atoms with van der Waals surface area (Å²) in [4.78, 5) is 18.7. The Bertz CT molecular complexity index is 1030. The number of ether oxygens (including phenoxy) is 1. The van der Waals surface area contributed by atoms with Crippen LogP contribution in [0.2, 0.25) is 0 Å². The van der Waals surface area contributed by atoms with Gasteiger partial charge in [-0.05, 0) is 43.1 Å². The van der Waals surface area contributed by atoms with E-state index in [-0.39, 0.29) is 11.8 Å². The molecule has 1 aliphatic heterocycles. The number of likely N-dealkylation sites (tertiary alicyclic amines) is 1. The van der Waals surface area contributed by atoms with Crippen LogP contribution in [0.3, 0.4) is 0 Å². The molecule has 7 heteroatoms. The Balaban J connectivity index is 1.39. The third-order valence-electron chi connectivity index (χ3n) is 6.20. The zero-order valence-electron chi connectivity index (χ0n) is 16.0. The Morgan fingerprint density at radius 3 is 2.96 bits per heavy atom. The van der Waals surface area contributed by atoms with Crippen molar-refractivity contribution in [1.82, 2.24) is 20.1 Å². The van der Waals surface area contributed by atoms with Gasteiger partial charge in [0.25, 0.3) is 0 Å². The van der Waals surface area contributed by atoms with Gasteiger partial charge < -0.3 is 19.9 Å². The second-order valence-corrected chi connectivity index (χ2v) is 7.78. The number of carbonyl (C=O) groups is 1. The van der Waals surface area contributed by atoms with Gasteiger partial charge >= 0.3 is 0 Å². The Morgan fingerprint density at radius 2 is 2.18 bits per heavy atom. The number of anilines is 1. The van der Waals surface area contributed by atoms with Gasteiger partial charge in [0.15, 0.2) is 5.82 Å². The first-order chi connectivity index (χ1) is 13.6. The van der Waals surface area contributed by atoms with Crippen LogP contribution in [0, 0.1) is 5.92 Å². The number of nitrogens with one attached hydrogen (secondary N) is 2. The summed E-state index contributed by atoms with van der Waals surface area (Å²) in [5.41, 5.74) is 3.93. The molecule has 28 heavy (non-hydrogen) atoms. The molecular weight excluding hydrogens is 354 g/mol. The molecule has 2 N–H and O–H groups in total. The average molecular weight is 377 g/mol. The summed E-state index contributed by atoms with van der Waals surface area (Å²) in [6.45, 7) is 0.742. The Morgan fingerprint density at radius 1 is 1.29 bits per heavy atom. The van der Waals surface area contributed by atoms with Crippen LogP contribution in [0.1, 0.15) is 23.5 Å². The van der Waals surface area contributed by atoms with Crippen LogP contribution in [-0.4, -0.2) is 52.7 Å². The van der Waals surface area contributed by atoms with Gasteiger partial charge in [0, 0.05) is 41.7 Å². The van der Waals surface area contributed by atoms with Crippen molar-refractivity contribution in [2.75, 3.05) is 26.0 Å². The van der Waals surface area contributed by atoms with Gasteiger partial charge in [-0.1, -0.05) is 12.1 Å². The zero-order valence-corrected chi connectivity index (χ0v) is 16.0. The van der Waals surface area contributed by atoms with E-state index in [9.17, 15) is 4.79 Å². The average Bonchev–Trinajstić information content (AvgIpc) is 3.13. The van der Waals surface area contributed by atoms with E-state index in [4.69, 9.17) is 4.74 Å². The first kappa shape index (κ1) is 17.2. The fourth-order valence-electron chi connectivity index (χ4n) is 4.86. The molecule has 1 saturated heterocycles. The van der Waals surface area contributed by atoms with Crippen molar-refractivity contribution in [2.45, 2.75) is 24.8 Å². The summed E-state index contributed by atoms with van der Waals surface area (Å²) < 4.78 is 5.02. The van der Waals surface area contributed by atoms with Crippen molar-refractivity contribution in [3.05, 3.63) is 47.7 Å². The highest BCUT2D eigenvalue weighted by Gasteiger charge is 2.41.